The minimum atomic E-state index is -4.39. The summed E-state index contributed by atoms with van der Waals surface area (Å²) in [6.45, 7) is 0. The summed E-state index contributed by atoms with van der Waals surface area (Å²) < 4.78 is 64.7. The number of ketones is 2. The molecule has 0 aliphatic carbocycles. The van der Waals surface area contributed by atoms with Crippen LogP contribution in [0, 0.1) is 0 Å². The first-order valence-electron chi connectivity index (χ1n) is 15.5. The lowest BCUT2D eigenvalue weighted by Crippen LogP contribution is -2.20. The lowest BCUT2D eigenvalue weighted by atomic mass is 10.0. The highest BCUT2D eigenvalue weighted by Gasteiger charge is 2.31. The lowest BCUT2D eigenvalue weighted by molar-refractivity contribution is 0.0797. The Labute approximate surface area is 290 Å². The highest BCUT2D eigenvalue weighted by molar-refractivity contribution is 7.87. The van der Waals surface area contributed by atoms with Crippen molar-refractivity contribution in [2.45, 2.75) is 22.0 Å². The normalized spacial score (nSPS) is 12.9. The molecule has 2 unspecified atom stereocenters. The van der Waals surface area contributed by atoms with Gasteiger partial charge in [0.15, 0.2) is 23.8 Å². The molecule has 0 heterocycles. The van der Waals surface area contributed by atoms with E-state index in [4.69, 9.17) is 8.37 Å². The van der Waals surface area contributed by atoms with Crippen molar-refractivity contribution in [2.75, 3.05) is 0 Å². The monoisotopic (exact) mass is 702 g/mol. The molecule has 6 rings (SSSR count). The second-order valence-corrected chi connectivity index (χ2v) is 14.3. The molecule has 0 saturated heterocycles. The van der Waals surface area contributed by atoms with E-state index in [1.54, 1.807) is 146 Å². The van der Waals surface area contributed by atoms with Crippen LogP contribution in [0.2, 0.25) is 0 Å². The van der Waals surface area contributed by atoms with Crippen molar-refractivity contribution in [1.29, 1.82) is 0 Å². The van der Waals surface area contributed by atoms with Gasteiger partial charge in [-0.15, -0.1) is 0 Å². The van der Waals surface area contributed by atoms with Crippen molar-refractivity contribution in [1.82, 2.24) is 0 Å². The maximum Gasteiger partial charge on any atom is 0.298 e. The molecule has 250 valence electrons. The Morgan fingerprint density at radius 3 is 0.960 bits per heavy atom. The molecule has 0 bridgehead atoms. The summed E-state index contributed by atoms with van der Waals surface area (Å²) in [6, 6.07) is 45.1. The molecule has 0 saturated carbocycles. The average Bonchev–Trinajstić information content (AvgIpc) is 3.17. The summed E-state index contributed by atoms with van der Waals surface area (Å²) in [4.78, 5) is 26.4. The van der Waals surface area contributed by atoms with E-state index in [2.05, 4.69) is 0 Å². The third-order valence-corrected chi connectivity index (χ3v) is 10.5. The predicted molar refractivity (Wildman–Crippen MR) is 188 cm³/mol. The molecule has 0 N–H and O–H groups in total. The SMILES string of the molecule is O=C(c1ccccc1)C(OS(=O)(=O)c1ccc(-c2ccc(S(=O)(=O)OC(C(=O)c3ccccc3)c3ccccc3)cc2)cc1)c1ccccc1. The van der Waals surface area contributed by atoms with E-state index in [-0.39, 0.29) is 9.79 Å². The van der Waals surface area contributed by atoms with Gasteiger partial charge in [0.2, 0.25) is 0 Å². The Kier molecular flexibility index (Phi) is 10.3. The number of hydrogen-bond donors (Lipinski definition) is 0. The number of rotatable bonds is 13. The van der Waals surface area contributed by atoms with Crippen LogP contribution < -0.4 is 0 Å². The second-order valence-electron chi connectivity index (χ2n) is 11.2. The minimum Gasteiger partial charge on any atom is -0.291 e. The maximum absolute atomic E-state index is 13.4. The standard InChI is InChI=1S/C40H30O8S2/c41-37(31-13-5-1-6-14-31)39(33-17-9-3-10-18-33)47-49(43,44)35-25-21-29(22-26-35)30-23-27-36(28-24-30)50(45,46)48-40(34-19-11-4-12-20-34)38(42)32-15-7-2-8-16-32/h1-28,39-40H. The van der Waals surface area contributed by atoms with E-state index in [1.165, 1.54) is 24.3 Å². The third kappa shape index (κ3) is 7.85. The molecule has 0 aliphatic heterocycles. The Bertz CT molecular complexity index is 2130. The van der Waals surface area contributed by atoms with E-state index in [9.17, 15) is 26.4 Å². The Morgan fingerprint density at radius 1 is 0.380 bits per heavy atom. The van der Waals surface area contributed by atoms with Crippen molar-refractivity contribution in [3.05, 3.63) is 192 Å². The van der Waals surface area contributed by atoms with Gasteiger partial charge in [-0.25, -0.2) is 8.37 Å². The molecule has 0 radical (unpaired) electrons. The van der Waals surface area contributed by atoms with Crippen LogP contribution in [0.3, 0.4) is 0 Å². The van der Waals surface area contributed by atoms with Crippen LogP contribution >= 0.6 is 0 Å². The molecule has 0 aromatic heterocycles. The minimum absolute atomic E-state index is 0.161. The molecular weight excluding hydrogens is 673 g/mol. The first-order chi connectivity index (χ1) is 24.1. The van der Waals surface area contributed by atoms with Gasteiger partial charge in [0.05, 0.1) is 9.79 Å². The maximum atomic E-state index is 13.4. The number of carbonyl (C=O) groups is 2. The highest BCUT2D eigenvalue weighted by atomic mass is 32.2. The zero-order valence-electron chi connectivity index (χ0n) is 26.4. The van der Waals surface area contributed by atoms with E-state index >= 15 is 0 Å². The smallest absolute Gasteiger partial charge is 0.291 e. The Morgan fingerprint density at radius 2 is 0.660 bits per heavy atom. The van der Waals surface area contributed by atoms with Crippen LogP contribution in [0.4, 0.5) is 0 Å². The van der Waals surface area contributed by atoms with Crippen LogP contribution in [-0.4, -0.2) is 28.4 Å². The molecule has 10 heteroatoms. The second kappa shape index (κ2) is 14.9. The first-order valence-corrected chi connectivity index (χ1v) is 18.3. The van der Waals surface area contributed by atoms with Crippen molar-refractivity contribution < 1.29 is 34.8 Å². The van der Waals surface area contributed by atoms with Crippen LogP contribution in [0.5, 0.6) is 0 Å². The van der Waals surface area contributed by atoms with Gasteiger partial charge in [-0.05, 0) is 46.5 Å². The van der Waals surface area contributed by atoms with Crippen molar-refractivity contribution in [2.24, 2.45) is 0 Å². The van der Waals surface area contributed by atoms with E-state index in [0.717, 1.165) is 0 Å². The summed E-state index contributed by atoms with van der Waals surface area (Å²) in [6.07, 6.45) is -2.80. The zero-order chi connectivity index (χ0) is 35.1. The topological polar surface area (TPSA) is 121 Å². The number of hydrogen-bond acceptors (Lipinski definition) is 8. The van der Waals surface area contributed by atoms with Gasteiger partial charge in [0.1, 0.15) is 0 Å². The molecule has 0 amide bonds. The number of carbonyl (C=O) groups excluding carboxylic acids is 2. The number of benzene rings is 6. The van der Waals surface area contributed by atoms with Gasteiger partial charge < -0.3 is 0 Å². The van der Waals surface area contributed by atoms with Gasteiger partial charge in [-0.1, -0.05) is 146 Å². The fourth-order valence-electron chi connectivity index (χ4n) is 5.26. The van der Waals surface area contributed by atoms with Gasteiger partial charge in [0, 0.05) is 11.1 Å². The summed E-state index contributed by atoms with van der Waals surface area (Å²) in [5.74, 6) is -1.01. The molecule has 6 aromatic rings. The summed E-state index contributed by atoms with van der Waals surface area (Å²) in [5.41, 5.74) is 2.58. The van der Waals surface area contributed by atoms with Crippen LogP contribution in [0.15, 0.2) is 180 Å². The van der Waals surface area contributed by atoms with Crippen LogP contribution in [0.25, 0.3) is 11.1 Å². The van der Waals surface area contributed by atoms with Gasteiger partial charge in [0.25, 0.3) is 20.2 Å². The van der Waals surface area contributed by atoms with Crippen molar-refractivity contribution in [3.63, 3.8) is 0 Å². The predicted octanol–water partition coefficient (Wildman–Crippen LogP) is 8.01. The highest BCUT2D eigenvalue weighted by Crippen LogP contribution is 2.31. The molecule has 0 fully saturated rings. The Balaban J connectivity index is 1.21. The molecule has 6 aromatic carbocycles. The first kappa shape index (κ1) is 34.3. The lowest BCUT2D eigenvalue weighted by Gasteiger charge is -2.18. The van der Waals surface area contributed by atoms with Crippen molar-refractivity contribution >= 4 is 31.8 Å². The number of Topliss-reactive ketones (excluding diaryl/α,β-unsaturated/α-hetero) is 2. The largest absolute Gasteiger partial charge is 0.298 e. The van der Waals surface area contributed by atoms with Crippen molar-refractivity contribution in [3.8, 4) is 11.1 Å². The summed E-state index contributed by atoms with van der Waals surface area (Å²) in [5, 5.41) is 0. The fourth-order valence-corrected chi connectivity index (χ4v) is 7.32. The Hall–Kier alpha value is -5.52. The van der Waals surface area contributed by atoms with E-state index < -0.39 is 44.0 Å². The van der Waals surface area contributed by atoms with Gasteiger partial charge in [-0.3, -0.25) is 9.59 Å². The average molecular weight is 703 g/mol. The summed E-state index contributed by atoms with van der Waals surface area (Å²) >= 11 is 0. The molecule has 8 nitrogen and oxygen atoms in total. The van der Waals surface area contributed by atoms with E-state index in [0.29, 0.717) is 33.4 Å². The van der Waals surface area contributed by atoms with Crippen LogP contribution in [0.1, 0.15) is 44.1 Å². The summed E-state index contributed by atoms with van der Waals surface area (Å²) in [7, 11) is -8.78. The van der Waals surface area contributed by atoms with Crippen LogP contribution in [-0.2, 0) is 28.6 Å². The molecule has 2 atom stereocenters. The fraction of sp³-hybridized carbons (Fsp3) is 0.0500. The van der Waals surface area contributed by atoms with Gasteiger partial charge in [-0.2, -0.15) is 16.8 Å². The van der Waals surface area contributed by atoms with Gasteiger partial charge >= 0.3 is 0 Å². The molecular formula is C40H30O8S2. The molecule has 50 heavy (non-hydrogen) atoms. The zero-order valence-corrected chi connectivity index (χ0v) is 28.0. The molecule has 0 spiro atoms. The molecule has 0 aliphatic rings. The third-order valence-electron chi connectivity index (χ3n) is 7.86. The van der Waals surface area contributed by atoms with E-state index in [1.807, 2.05) is 0 Å². The quantitative estimate of drug-likeness (QED) is 0.0877.